The highest BCUT2D eigenvalue weighted by atomic mass is 32.1. The zero-order valence-electron chi connectivity index (χ0n) is 16.4. The molecule has 0 aliphatic heterocycles. The van der Waals surface area contributed by atoms with Crippen LogP contribution in [-0.2, 0) is 24.2 Å². The molecule has 4 aromatic rings. The number of hydrogen-bond acceptors (Lipinski definition) is 6. The number of nitrogens with one attached hydrogen (secondary N) is 1. The van der Waals surface area contributed by atoms with E-state index < -0.39 is 0 Å². The minimum atomic E-state index is -0.104. The number of nitrogens with zero attached hydrogens (tertiary/aromatic N) is 4. The van der Waals surface area contributed by atoms with Gasteiger partial charge < -0.3 is 11.1 Å². The van der Waals surface area contributed by atoms with Crippen molar-refractivity contribution >= 4 is 28.6 Å². The van der Waals surface area contributed by atoms with E-state index in [2.05, 4.69) is 26.0 Å². The average Bonchev–Trinajstić information content (AvgIpc) is 3.45. The second-order valence-corrected chi connectivity index (χ2v) is 7.69. The van der Waals surface area contributed by atoms with E-state index in [1.54, 1.807) is 22.2 Å². The number of nitrogens with two attached hydrogens (primary N) is 1. The number of rotatable bonds is 8. The Morgan fingerprint density at radius 2 is 2.03 bits per heavy atom. The van der Waals surface area contributed by atoms with Crippen molar-refractivity contribution in [2.45, 2.75) is 25.8 Å². The minimum Gasteiger partial charge on any atom is -0.397 e. The maximum absolute atomic E-state index is 12.4. The van der Waals surface area contributed by atoms with Crippen molar-refractivity contribution in [3.05, 3.63) is 77.0 Å². The minimum absolute atomic E-state index is 0.104. The number of aryl methyl sites for hydroxylation is 3. The lowest BCUT2D eigenvalue weighted by molar-refractivity contribution is -0.116. The lowest BCUT2D eigenvalue weighted by Crippen LogP contribution is -2.13. The summed E-state index contributed by atoms with van der Waals surface area (Å²) in [5.74, 6) is -0.104. The highest BCUT2D eigenvalue weighted by Crippen LogP contribution is 2.28. The number of anilines is 2. The number of carbonyl (C=O) groups excluding carboxylic acids is 1. The molecule has 8 heteroatoms. The van der Waals surface area contributed by atoms with E-state index in [9.17, 15) is 4.79 Å². The zero-order chi connectivity index (χ0) is 20.8. The molecule has 1 amide bonds. The number of hydrogen-bond donors (Lipinski definition) is 2. The molecule has 0 saturated carbocycles. The summed E-state index contributed by atoms with van der Waals surface area (Å²) in [4.78, 5) is 16.7. The molecule has 0 spiro atoms. The summed E-state index contributed by atoms with van der Waals surface area (Å²) in [6.45, 7) is 0.697. The summed E-state index contributed by atoms with van der Waals surface area (Å²) in [6, 6.07) is 13.6. The van der Waals surface area contributed by atoms with E-state index in [0.29, 0.717) is 30.8 Å². The Balaban J connectivity index is 1.30. The predicted octanol–water partition coefficient (Wildman–Crippen LogP) is 3.80. The van der Waals surface area contributed by atoms with Crippen LogP contribution in [0, 0.1) is 0 Å². The number of benzene rings is 1. The quantitative estimate of drug-likeness (QED) is 0.424. The van der Waals surface area contributed by atoms with Crippen LogP contribution in [0.1, 0.15) is 17.8 Å². The molecule has 0 bridgehead atoms. The Labute approximate surface area is 178 Å². The van der Waals surface area contributed by atoms with Gasteiger partial charge in [-0.05, 0) is 52.2 Å². The third kappa shape index (κ3) is 5.09. The number of amides is 1. The van der Waals surface area contributed by atoms with Crippen molar-refractivity contribution < 1.29 is 4.79 Å². The Morgan fingerprint density at radius 1 is 1.10 bits per heavy atom. The van der Waals surface area contributed by atoms with Crippen LogP contribution in [0.15, 0.2) is 65.6 Å². The van der Waals surface area contributed by atoms with Crippen molar-refractivity contribution in [1.29, 1.82) is 0 Å². The molecular weight excluding hydrogens is 396 g/mol. The molecule has 0 saturated heterocycles. The van der Waals surface area contributed by atoms with Crippen LogP contribution in [0.5, 0.6) is 0 Å². The average molecular weight is 419 g/mol. The third-order valence-corrected chi connectivity index (χ3v) is 5.38. The second kappa shape index (κ2) is 9.32. The summed E-state index contributed by atoms with van der Waals surface area (Å²) in [7, 11) is 0. The molecule has 3 heterocycles. The fourth-order valence-electron chi connectivity index (χ4n) is 3.06. The van der Waals surface area contributed by atoms with Gasteiger partial charge in [0.2, 0.25) is 5.91 Å². The van der Waals surface area contributed by atoms with Gasteiger partial charge in [-0.2, -0.15) is 11.3 Å². The molecular formula is C22H22N6OS. The standard InChI is InChI=1S/C22H22N6OS/c23-20-6-4-16(17-9-12-30-15-17)13-21(20)25-22(29)7-5-19-14-28(27-26-19)11-8-18-3-1-2-10-24-18/h1-4,6,9-10,12-15H,5,7-8,11,23H2,(H,25,29). The van der Waals surface area contributed by atoms with Gasteiger partial charge in [-0.3, -0.25) is 14.5 Å². The Kier molecular flexibility index (Phi) is 6.14. The Hall–Kier alpha value is -3.52. The van der Waals surface area contributed by atoms with Crippen LogP contribution in [0.25, 0.3) is 11.1 Å². The van der Waals surface area contributed by atoms with Crippen molar-refractivity contribution in [2.75, 3.05) is 11.1 Å². The molecule has 0 fully saturated rings. The van der Waals surface area contributed by atoms with E-state index in [1.165, 1.54) is 0 Å². The van der Waals surface area contributed by atoms with Crippen molar-refractivity contribution in [3.63, 3.8) is 0 Å². The molecule has 0 radical (unpaired) electrons. The normalized spacial score (nSPS) is 10.8. The fourth-order valence-corrected chi connectivity index (χ4v) is 3.73. The molecule has 0 atom stereocenters. The largest absolute Gasteiger partial charge is 0.397 e. The first kappa shape index (κ1) is 19.8. The lowest BCUT2D eigenvalue weighted by Gasteiger charge is -2.10. The first-order chi connectivity index (χ1) is 14.7. The molecule has 1 aromatic carbocycles. The molecule has 152 valence electrons. The first-order valence-electron chi connectivity index (χ1n) is 9.68. The number of aromatic nitrogens is 4. The summed E-state index contributed by atoms with van der Waals surface area (Å²) in [5.41, 5.74) is 11.1. The van der Waals surface area contributed by atoms with Gasteiger partial charge in [0.15, 0.2) is 0 Å². The summed E-state index contributed by atoms with van der Waals surface area (Å²) in [5, 5.41) is 15.3. The molecule has 0 aliphatic carbocycles. The van der Waals surface area contributed by atoms with E-state index in [1.807, 2.05) is 54.0 Å². The van der Waals surface area contributed by atoms with Crippen LogP contribution in [0.2, 0.25) is 0 Å². The third-order valence-electron chi connectivity index (χ3n) is 4.70. The van der Waals surface area contributed by atoms with Crippen LogP contribution >= 0.6 is 11.3 Å². The molecule has 3 N–H and O–H groups in total. The maximum atomic E-state index is 12.4. The van der Waals surface area contributed by atoms with Gasteiger partial charge in [0.25, 0.3) is 0 Å². The molecule has 4 rings (SSSR count). The van der Waals surface area contributed by atoms with Crippen molar-refractivity contribution in [1.82, 2.24) is 20.0 Å². The molecule has 7 nitrogen and oxygen atoms in total. The highest BCUT2D eigenvalue weighted by Gasteiger charge is 2.10. The summed E-state index contributed by atoms with van der Waals surface area (Å²) in [6.07, 6.45) is 5.26. The van der Waals surface area contributed by atoms with Crippen LogP contribution in [-0.4, -0.2) is 25.9 Å². The fraction of sp³-hybridized carbons (Fsp3) is 0.182. The number of pyridine rings is 1. The van der Waals surface area contributed by atoms with Gasteiger partial charge in [-0.1, -0.05) is 17.3 Å². The van der Waals surface area contributed by atoms with Crippen LogP contribution in [0.4, 0.5) is 11.4 Å². The number of thiophene rings is 1. The summed E-state index contributed by atoms with van der Waals surface area (Å²) >= 11 is 1.63. The van der Waals surface area contributed by atoms with E-state index in [0.717, 1.165) is 28.9 Å². The SMILES string of the molecule is Nc1ccc(-c2ccsc2)cc1NC(=O)CCc1cn(CCc2ccccn2)nn1. The molecule has 3 aromatic heterocycles. The van der Waals surface area contributed by atoms with Gasteiger partial charge in [-0.25, -0.2) is 0 Å². The van der Waals surface area contributed by atoms with E-state index in [-0.39, 0.29) is 5.91 Å². The first-order valence-corrected chi connectivity index (χ1v) is 10.6. The molecule has 30 heavy (non-hydrogen) atoms. The van der Waals surface area contributed by atoms with Crippen molar-refractivity contribution in [3.8, 4) is 11.1 Å². The van der Waals surface area contributed by atoms with Gasteiger partial charge in [-0.15, -0.1) is 5.10 Å². The van der Waals surface area contributed by atoms with Gasteiger partial charge in [0.05, 0.1) is 17.1 Å². The Bertz CT molecular complexity index is 1110. The van der Waals surface area contributed by atoms with Gasteiger partial charge in [0.1, 0.15) is 0 Å². The molecule has 0 unspecified atom stereocenters. The number of nitrogen functional groups attached to an aromatic ring is 1. The van der Waals surface area contributed by atoms with Crippen LogP contribution < -0.4 is 11.1 Å². The number of carbonyl (C=O) groups is 1. The lowest BCUT2D eigenvalue weighted by atomic mass is 10.1. The second-order valence-electron chi connectivity index (χ2n) is 6.91. The zero-order valence-corrected chi connectivity index (χ0v) is 17.2. The van der Waals surface area contributed by atoms with Crippen LogP contribution in [0.3, 0.4) is 0 Å². The summed E-state index contributed by atoms with van der Waals surface area (Å²) < 4.78 is 1.78. The van der Waals surface area contributed by atoms with Crippen molar-refractivity contribution in [2.24, 2.45) is 0 Å². The Morgan fingerprint density at radius 3 is 2.83 bits per heavy atom. The monoisotopic (exact) mass is 418 g/mol. The maximum Gasteiger partial charge on any atom is 0.224 e. The van der Waals surface area contributed by atoms with Gasteiger partial charge in [0, 0.05) is 43.9 Å². The van der Waals surface area contributed by atoms with E-state index >= 15 is 0 Å². The predicted molar refractivity (Wildman–Crippen MR) is 119 cm³/mol. The topological polar surface area (TPSA) is 98.7 Å². The van der Waals surface area contributed by atoms with Gasteiger partial charge >= 0.3 is 0 Å². The molecule has 0 aliphatic rings. The highest BCUT2D eigenvalue weighted by molar-refractivity contribution is 7.08. The smallest absolute Gasteiger partial charge is 0.224 e. The van der Waals surface area contributed by atoms with E-state index in [4.69, 9.17) is 5.73 Å².